The highest BCUT2D eigenvalue weighted by atomic mass is 35.5. The minimum atomic E-state index is -0.233. The van der Waals surface area contributed by atoms with Gasteiger partial charge in [-0.3, -0.25) is 0 Å². The first kappa shape index (κ1) is 15.4. The fourth-order valence-corrected chi connectivity index (χ4v) is 1.92. The van der Waals surface area contributed by atoms with Crippen LogP contribution in [0.25, 0.3) is 0 Å². The van der Waals surface area contributed by atoms with Crippen LogP contribution in [0.3, 0.4) is 0 Å². The van der Waals surface area contributed by atoms with Crippen molar-refractivity contribution < 1.29 is 4.39 Å². The second-order valence-corrected chi connectivity index (χ2v) is 5.34. The van der Waals surface area contributed by atoms with Gasteiger partial charge < -0.3 is 10.2 Å². The predicted molar refractivity (Wildman–Crippen MR) is 82.3 cm³/mol. The lowest BCUT2D eigenvalue weighted by molar-refractivity contribution is 0.614. The van der Waals surface area contributed by atoms with E-state index in [-0.39, 0.29) is 17.1 Å². The van der Waals surface area contributed by atoms with Gasteiger partial charge in [0, 0.05) is 14.1 Å². The zero-order valence-electron chi connectivity index (χ0n) is 12.4. The van der Waals surface area contributed by atoms with Gasteiger partial charge in [-0.25, -0.2) is 4.39 Å². The Balaban J connectivity index is 2.22. The molecule has 0 aliphatic heterocycles. The van der Waals surface area contributed by atoms with E-state index in [0.29, 0.717) is 17.5 Å². The molecular weight excluding hydrogens is 293 g/mol. The van der Waals surface area contributed by atoms with Gasteiger partial charge in [-0.15, -0.1) is 0 Å². The molecule has 1 atom stereocenters. The lowest BCUT2D eigenvalue weighted by atomic mass is 10.1. The smallest absolute Gasteiger partial charge is 0.230 e. The zero-order valence-corrected chi connectivity index (χ0v) is 13.1. The standard InChI is InChI=1S/C14H17ClFN5/c1-8-5-6-10(7-11(8)16)9(2)17-13-18-12(15)19-14(20-13)21(3)4/h5-7,9H,1-4H3,(H,17,18,19,20). The van der Waals surface area contributed by atoms with Crippen LogP contribution in [0.2, 0.25) is 5.28 Å². The summed E-state index contributed by atoms with van der Waals surface area (Å²) in [6.07, 6.45) is 0. The summed E-state index contributed by atoms with van der Waals surface area (Å²) in [7, 11) is 3.63. The van der Waals surface area contributed by atoms with Crippen LogP contribution in [0.4, 0.5) is 16.3 Å². The Morgan fingerprint density at radius 1 is 1.24 bits per heavy atom. The van der Waals surface area contributed by atoms with E-state index in [4.69, 9.17) is 11.6 Å². The average molecular weight is 310 g/mol. The van der Waals surface area contributed by atoms with Crippen molar-refractivity contribution >= 4 is 23.5 Å². The number of aryl methyl sites for hydroxylation is 1. The first-order chi connectivity index (χ1) is 9.86. The molecule has 7 heteroatoms. The molecule has 0 saturated carbocycles. The molecule has 21 heavy (non-hydrogen) atoms. The minimum absolute atomic E-state index is 0.110. The third-order valence-corrected chi connectivity index (χ3v) is 3.21. The maximum absolute atomic E-state index is 13.6. The van der Waals surface area contributed by atoms with Crippen molar-refractivity contribution in [3.8, 4) is 0 Å². The van der Waals surface area contributed by atoms with E-state index < -0.39 is 0 Å². The summed E-state index contributed by atoms with van der Waals surface area (Å²) >= 11 is 5.88. The number of hydrogen-bond acceptors (Lipinski definition) is 5. The van der Waals surface area contributed by atoms with E-state index in [1.54, 1.807) is 17.9 Å². The highest BCUT2D eigenvalue weighted by molar-refractivity contribution is 6.28. The maximum atomic E-state index is 13.6. The molecule has 1 unspecified atom stereocenters. The molecule has 0 bridgehead atoms. The van der Waals surface area contributed by atoms with Gasteiger partial charge >= 0.3 is 0 Å². The number of nitrogens with zero attached hydrogens (tertiary/aromatic N) is 4. The monoisotopic (exact) mass is 309 g/mol. The van der Waals surface area contributed by atoms with Crippen LogP contribution < -0.4 is 10.2 Å². The third kappa shape index (κ3) is 3.78. The van der Waals surface area contributed by atoms with Gasteiger partial charge in [-0.05, 0) is 42.6 Å². The lowest BCUT2D eigenvalue weighted by Crippen LogP contribution is -2.16. The highest BCUT2D eigenvalue weighted by Crippen LogP contribution is 2.21. The van der Waals surface area contributed by atoms with Crippen molar-refractivity contribution in [2.24, 2.45) is 0 Å². The summed E-state index contributed by atoms with van der Waals surface area (Å²) in [6, 6.07) is 4.96. The predicted octanol–water partition coefficient (Wildman–Crippen LogP) is 3.21. The van der Waals surface area contributed by atoms with Gasteiger partial charge in [-0.1, -0.05) is 12.1 Å². The van der Waals surface area contributed by atoms with Crippen LogP contribution in [0, 0.1) is 12.7 Å². The van der Waals surface area contributed by atoms with Crippen LogP contribution in [-0.4, -0.2) is 29.0 Å². The molecule has 1 aromatic heterocycles. The lowest BCUT2D eigenvalue weighted by Gasteiger charge is -2.16. The molecule has 1 heterocycles. The van der Waals surface area contributed by atoms with Crippen molar-refractivity contribution in [1.82, 2.24) is 15.0 Å². The average Bonchev–Trinajstić information content (AvgIpc) is 2.41. The van der Waals surface area contributed by atoms with Crippen LogP contribution in [0.5, 0.6) is 0 Å². The Morgan fingerprint density at radius 3 is 2.57 bits per heavy atom. The molecule has 0 fully saturated rings. The molecule has 0 saturated heterocycles. The number of benzene rings is 1. The number of nitrogens with one attached hydrogen (secondary N) is 1. The van der Waals surface area contributed by atoms with E-state index in [0.717, 1.165) is 5.56 Å². The topological polar surface area (TPSA) is 53.9 Å². The number of anilines is 2. The van der Waals surface area contributed by atoms with E-state index in [1.165, 1.54) is 6.07 Å². The van der Waals surface area contributed by atoms with Crippen molar-refractivity contribution in [3.63, 3.8) is 0 Å². The van der Waals surface area contributed by atoms with Gasteiger partial charge in [0.15, 0.2) is 0 Å². The molecule has 5 nitrogen and oxygen atoms in total. The van der Waals surface area contributed by atoms with E-state index in [2.05, 4.69) is 20.3 Å². The minimum Gasteiger partial charge on any atom is -0.348 e. The Labute approximate surface area is 128 Å². The number of hydrogen-bond donors (Lipinski definition) is 1. The Kier molecular flexibility index (Phi) is 4.57. The van der Waals surface area contributed by atoms with E-state index >= 15 is 0 Å². The van der Waals surface area contributed by atoms with Crippen LogP contribution in [-0.2, 0) is 0 Å². The molecule has 0 aliphatic rings. The summed E-state index contributed by atoms with van der Waals surface area (Å²) < 4.78 is 13.6. The van der Waals surface area contributed by atoms with Gasteiger partial charge in [0.25, 0.3) is 0 Å². The van der Waals surface area contributed by atoms with Gasteiger partial charge in [0.2, 0.25) is 17.2 Å². The molecule has 0 radical (unpaired) electrons. The van der Waals surface area contributed by atoms with Crippen molar-refractivity contribution in [3.05, 3.63) is 40.4 Å². The summed E-state index contributed by atoms with van der Waals surface area (Å²) in [5.74, 6) is 0.579. The fraction of sp³-hybridized carbons (Fsp3) is 0.357. The first-order valence-corrected chi connectivity index (χ1v) is 6.86. The largest absolute Gasteiger partial charge is 0.348 e. The Morgan fingerprint density at radius 2 is 1.95 bits per heavy atom. The molecule has 0 spiro atoms. The Bertz CT molecular complexity index is 647. The van der Waals surface area contributed by atoms with E-state index in [1.807, 2.05) is 27.1 Å². The summed E-state index contributed by atoms with van der Waals surface area (Å²) in [4.78, 5) is 14.0. The van der Waals surface area contributed by atoms with Crippen LogP contribution in [0.1, 0.15) is 24.1 Å². The van der Waals surface area contributed by atoms with Crippen molar-refractivity contribution in [2.45, 2.75) is 19.9 Å². The van der Waals surface area contributed by atoms with Gasteiger partial charge in [0.05, 0.1) is 6.04 Å². The molecule has 112 valence electrons. The van der Waals surface area contributed by atoms with Crippen LogP contribution in [0.15, 0.2) is 18.2 Å². The van der Waals surface area contributed by atoms with Gasteiger partial charge in [-0.2, -0.15) is 15.0 Å². The number of halogens is 2. The van der Waals surface area contributed by atoms with Crippen molar-refractivity contribution in [2.75, 3.05) is 24.3 Å². The second-order valence-electron chi connectivity index (χ2n) is 5.00. The summed E-state index contributed by atoms with van der Waals surface area (Å²) in [5.41, 5.74) is 1.42. The molecule has 0 aliphatic carbocycles. The summed E-state index contributed by atoms with van der Waals surface area (Å²) in [5, 5.41) is 3.21. The fourth-order valence-electron chi connectivity index (χ4n) is 1.76. The number of rotatable bonds is 4. The second kappa shape index (κ2) is 6.22. The molecule has 1 N–H and O–H groups in total. The quantitative estimate of drug-likeness (QED) is 0.940. The van der Waals surface area contributed by atoms with Crippen LogP contribution >= 0.6 is 11.6 Å². The highest BCUT2D eigenvalue weighted by Gasteiger charge is 2.12. The van der Waals surface area contributed by atoms with Gasteiger partial charge in [0.1, 0.15) is 5.82 Å². The molecular formula is C14H17ClFN5. The summed E-state index contributed by atoms with van der Waals surface area (Å²) in [6.45, 7) is 3.63. The Hall–Kier alpha value is -1.95. The molecule has 2 aromatic rings. The van der Waals surface area contributed by atoms with Crippen molar-refractivity contribution in [1.29, 1.82) is 0 Å². The third-order valence-electron chi connectivity index (χ3n) is 3.04. The molecule has 0 amide bonds. The van der Waals surface area contributed by atoms with E-state index in [9.17, 15) is 4.39 Å². The normalized spacial score (nSPS) is 12.1. The molecule has 1 aromatic carbocycles. The first-order valence-electron chi connectivity index (χ1n) is 6.48. The zero-order chi connectivity index (χ0) is 15.6. The molecule has 2 rings (SSSR count). The number of aromatic nitrogens is 3. The maximum Gasteiger partial charge on any atom is 0.230 e. The SMILES string of the molecule is Cc1ccc(C(C)Nc2nc(Cl)nc(N(C)C)n2)cc1F.